The number of rotatable bonds is 6. The van der Waals surface area contributed by atoms with Crippen LogP contribution in [0.4, 0.5) is 5.69 Å². The Morgan fingerprint density at radius 3 is 2.21 bits per heavy atom. The molecule has 3 amide bonds. The second-order valence-electron chi connectivity index (χ2n) is 6.93. The lowest BCUT2D eigenvalue weighted by Crippen LogP contribution is -2.48. The summed E-state index contributed by atoms with van der Waals surface area (Å²) < 4.78 is 24.0. The number of nitrogens with one attached hydrogen (secondary N) is 1. The second kappa shape index (κ2) is 8.08. The molecule has 0 spiro atoms. The van der Waals surface area contributed by atoms with Gasteiger partial charge in [0.05, 0.1) is 22.6 Å². The van der Waals surface area contributed by atoms with Gasteiger partial charge in [-0.3, -0.25) is 19.3 Å². The highest BCUT2D eigenvalue weighted by Gasteiger charge is 2.42. The zero-order chi connectivity index (χ0) is 21.3. The number of anilines is 1. The molecule has 9 heteroatoms. The van der Waals surface area contributed by atoms with Crippen LogP contribution in [0.5, 0.6) is 0 Å². The lowest BCUT2D eigenvalue weighted by atomic mass is 10.1. The third kappa shape index (κ3) is 4.56. The van der Waals surface area contributed by atoms with Gasteiger partial charge in [0.25, 0.3) is 11.8 Å². The van der Waals surface area contributed by atoms with E-state index in [4.69, 9.17) is 0 Å². The van der Waals surface area contributed by atoms with Crippen LogP contribution in [0.2, 0.25) is 0 Å². The van der Waals surface area contributed by atoms with E-state index >= 15 is 0 Å². The molecule has 0 bridgehead atoms. The maximum absolute atomic E-state index is 13.0. The van der Waals surface area contributed by atoms with E-state index in [9.17, 15) is 22.8 Å². The molecule has 0 saturated heterocycles. The minimum absolute atomic E-state index is 0.195. The van der Waals surface area contributed by atoms with Gasteiger partial charge < -0.3 is 5.32 Å². The average Bonchev–Trinajstić information content (AvgIpc) is 2.89. The van der Waals surface area contributed by atoms with E-state index in [1.165, 1.54) is 12.1 Å². The van der Waals surface area contributed by atoms with Crippen molar-refractivity contribution in [3.8, 4) is 0 Å². The molecule has 0 fully saturated rings. The van der Waals surface area contributed by atoms with E-state index < -0.39 is 33.6 Å². The standard InChI is InChI=1S/C20H19BrN2O5S/c1-12-7-8-16(15(21)11-12)22-18(24)17(9-10-29(2,27)28)23-19(25)13-5-3-4-6-14(13)20(23)26/h3-8,11,17H,9-10H2,1-2H3,(H,22,24). The zero-order valence-corrected chi connectivity index (χ0v) is 18.2. The van der Waals surface area contributed by atoms with E-state index in [1.54, 1.807) is 24.3 Å². The molecule has 29 heavy (non-hydrogen) atoms. The fourth-order valence-electron chi connectivity index (χ4n) is 3.13. The first-order valence-corrected chi connectivity index (χ1v) is 11.7. The Kier molecular flexibility index (Phi) is 5.90. The van der Waals surface area contributed by atoms with Gasteiger partial charge in [-0.15, -0.1) is 0 Å². The van der Waals surface area contributed by atoms with E-state index in [0.717, 1.165) is 16.7 Å². The zero-order valence-electron chi connectivity index (χ0n) is 15.8. The number of amides is 3. The van der Waals surface area contributed by atoms with E-state index in [0.29, 0.717) is 10.2 Å². The minimum atomic E-state index is -3.41. The van der Waals surface area contributed by atoms with Crippen molar-refractivity contribution in [3.63, 3.8) is 0 Å². The van der Waals surface area contributed by atoms with Crippen LogP contribution in [0, 0.1) is 6.92 Å². The number of imide groups is 1. The smallest absolute Gasteiger partial charge is 0.262 e. The number of sulfone groups is 1. The highest BCUT2D eigenvalue weighted by molar-refractivity contribution is 9.10. The van der Waals surface area contributed by atoms with Gasteiger partial charge in [-0.1, -0.05) is 18.2 Å². The molecule has 0 aliphatic carbocycles. The summed E-state index contributed by atoms with van der Waals surface area (Å²) in [7, 11) is -3.41. The van der Waals surface area contributed by atoms with Crippen molar-refractivity contribution in [2.75, 3.05) is 17.3 Å². The Labute approximate surface area is 177 Å². The van der Waals surface area contributed by atoms with Gasteiger partial charge in [0.15, 0.2) is 0 Å². The van der Waals surface area contributed by atoms with Gasteiger partial charge in [-0.2, -0.15) is 0 Å². The molecular weight excluding hydrogens is 460 g/mol. The summed E-state index contributed by atoms with van der Waals surface area (Å²) in [5.41, 5.74) is 1.84. The molecule has 0 aromatic heterocycles. The van der Waals surface area contributed by atoms with Gasteiger partial charge in [0, 0.05) is 10.7 Å². The average molecular weight is 479 g/mol. The van der Waals surface area contributed by atoms with Crippen molar-refractivity contribution in [1.82, 2.24) is 4.90 Å². The summed E-state index contributed by atoms with van der Waals surface area (Å²) in [6.07, 6.45) is 0.848. The molecule has 1 aliphatic rings. The van der Waals surface area contributed by atoms with Crippen molar-refractivity contribution in [2.24, 2.45) is 0 Å². The van der Waals surface area contributed by atoms with Crippen molar-refractivity contribution < 1.29 is 22.8 Å². The second-order valence-corrected chi connectivity index (χ2v) is 10.0. The largest absolute Gasteiger partial charge is 0.323 e. The van der Waals surface area contributed by atoms with Crippen LogP contribution in [-0.2, 0) is 14.6 Å². The van der Waals surface area contributed by atoms with Crippen LogP contribution in [-0.4, -0.2) is 49.1 Å². The Hall–Kier alpha value is -2.52. The fraction of sp³-hybridized carbons (Fsp3) is 0.250. The predicted molar refractivity (Wildman–Crippen MR) is 113 cm³/mol. The topological polar surface area (TPSA) is 101 Å². The number of carbonyl (C=O) groups is 3. The Morgan fingerprint density at radius 1 is 1.10 bits per heavy atom. The Balaban J connectivity index is 1.93. The number of fused-ring (bicyclic) bond motifs is 1. The summed E-state index contributed by atoms with van der Waals surface area (Å²) in [6, 6.07) is 10.3. The van der Waals surface area contributed by atoms with Crippen LogP contribution >= 0.6 is 15.9 Å². The number of aryl methyl sites for hydroxylation is 1. The molecule has 1 unspecified atom stereocenters. The number of nitrogens with zero attached hydrogens (tertiary/aromatic N) is 1. The van der Waals surface area contributed by atoms with Crippen molar-refractivity contribution >= 4 is 49.2 Å². The van der Waals surface area contributed by atoms with E-state index in [-0.39, 0.29) is 23.3 Å². The minimum Gasteiger partial charge on any atom is -0.323 e. The maximum atomic E-state index is 13.0. The molecule has 1 aliphatic heterocycles. The lowest BCUT2D eigenvalue weighted by Gasteiger charge is -2.25. The highest BCUT2D eigenvalue weighted by atomic mass is 79.9. The first kappa shape index (κ1) is 21.2. The van der Waals surface area contributed by atoms with E-state index in [2.05, 4.69) is 21.2 Å². The van der Waals surface area contributed by atoms with Crippen molar-refractivity contribution in [1.29, 1.82) is 0 Å². The molecule has 2 aromatic rings. The van der Waals surface area contributed by atoms with Gasteiger partial charge in [0.1, 0.15) is 15.9 Å². The molecule has 1 heterocycles. The molecule has 1 atom stereocenters. The van der Waals surface area contributed by atoms with Crippen LogP contribution < -0.4 is 5.32 Å². The van der Waals surface area contributed by atoms with Crippen molar-refractivity contribution in [2.45, 2.75) is 19.4 Å². The molecule has 1 N–H and O–H groups in total. The number of halogens is 1. The molecule has 0 radical (unpaired) electrons. The molecule has 2 aromatic carbocycles. The first-order valence-electron chi connectivity index (χ1n) is 8.80. The van der Waals surface area contributed by atoms with Gasteiger partial charge in [-0.25, -0.2) is 8.42 Å². The molecular formula is C20H19BrN2O5S. The first-order chi connectivity index (χ1) is 13.6. The van der Waals surface area contributed by atoms with Gasteiger partial charge in [0.2, 0.25) is 5.91 Å². The number of benzene rings is 2. The normalized spacial score (nSPS) is 14.7. The van der Waals surface area contributed by atoms with Gasteiger partial charge >= 0.3 is 0 Å². The molecule has 3 rings (SSSR count). The van der Waals surface area contributed by atoms with Crippen LogP contribution in [0.3, 0.4) is 0 Å². The number of carbonyl (C=O) groups excluding carboxylic acids is 3. The number of hydrogen-bond acceptors (Lipinski definition) is 5. The van der Waals surface area contributed by atoms with Crippen LogP contribution in [0.15, 0.2) is 46.9 Å². The van der Waals surface area contributed by atoms with E-state index in [1.807, 2.05) is 13.0 Å². The Bertz CT molecular complexity index is 1080. The fourth-order valence-corrected chi connectivity index (χ4v) is 4.38. The summed E-state index contributed by atoms with van der Waals surface area (Å²) in [4.78, 5) is 39.5. The van der Waals surface area contributed by atoms with Crippen LogP contribution in [0.1, 0.15) is 32.7 Å². The molecule has 7 nitrogen and oxygen atoms in total. The highest BCUT2D eigenvalue weighted by Crippen LogP contribution is 2.28. The monoisotopic (exact) mass is 478 g/mol. The SMILES string of the molecule is Cc1ccc(NC(=O)C(CCS(C)(=O)=O)N2C(=O)c3ccccc3C2=O)c(Br)c1. The molecule has 152 valence electrons. The third-order valence-electron chi connectivity index (χ3n) is 4.58. The predicted octanol–water partition coefficient (Wildman–Crippen LogP) is 2.80. The summed E-state index contributed by atoms with van der Waals surface area (Å²) in [6.45, 7) is 1.89. The summed E-state index contributed by atoms with van der Waals surface area (Å²) in [5.74, 6) is -2.19. The summed E-state index contributed by atoms with van der Waals surface area (Å²) >= 11 is 3.37. The van der Waals surface area contributed by atoms with Gasteiger partial charge in [-0.05, 0) is 59.1 Å². The number of hydrogen-bond donors (Lipinski definition) is 1. The maximum Gasteiger partial charge on any atom is 0.262 e. The van der Waals surface area contributed by atoms with Crippen molar-refractivity contribution in [3.05, 3.63) is 63.6 Å². The summed E-state index contributed by atoms with van der Waals surface area (Å²) in [5, 5.41) is 2.69. The van der Waals surface area contributed by atoms with Crippen LogP contribution in [0.25, 0.3) is 0 Å². The third-order valence-corrected chi connectivity index (χ3v) is 6.22. The quantitative estimate of drug-likeness (QED) is 0.643. The lowest BCUT2D eigenvalue weighted by molar-refractivity contribution is -0.120. The molecule has 0 saturated carbocycles. The Morgan fingerprint density at radius 2 is 1.69 bits per heavy atom.